The first-order valence-corrected chi connectivity index (χ1v) is 3.29. The summed E-state index contributed by atoms with van der Waals surface area (Å²) in [4.78, 5) is 4.56. The number of H-pyrrole nitrogens is 1. The number of rotatable bonds is 2. The summed E-state index contributed by atoms with van der Waals surface area (Å²) in [6, 6.07) is 0. The van der Waals surface area contributed by atoms with E-state index in [9.17, 15) is 4.21 Å². The number of aromatic nitrogens is 2. The number of nitrogens with one attached hydrogen (secondary N) is 1. The Balaban J connectivity index is 2.95. The second-order valence-electron chi connectivity index (χ2n) is 1.81. The molecule has 1 aromatic heterocycles. The van der Waals surface area contributed by atoms with Crippen molar-refractivity contribution in [3.05, 3.63) is 25.1 Å². The quantitative estimate of drug-likeness (QED) is 0.463. The molecule has 0 aromatic carbocycles. The van der Waals surface area contributed by atoms with Crippen molar-refractivity contribution >= 4 is 11.7 Å². The summed E-state index contributed by atoms with van der Waals surface area (Å²) in [5.74, 6) is 0.174. The summed E-state index contributed by atoms with van der Waals surface area (Å²) in [7, 11) is 0. The minimum atomic E-state index is -1.69. The van der Waals surface area contributed by atoms with Gasteiger partial charge in [0, 0.05) is 16.6 Å². The summed E-state index contributed by atoms with van der Waals surface area (Å²) < 4.78 is 10.2. The van der Waals surface area contributed by atoms with Gasteiger partial charge in [0.25, 0.3) is 0 Å². The SMILES string of the molecule is [CH2]C(O)([S+]=O)c1ncc[nH]1. The predicted octanol–water partition coefficient (Wildman–Crippen LogP) is -0.183. The Morgan fingerprint density at radius 1 is 1.90 bits per heavy atom. The first-order valence-electron chi connectivity index (χ1n) is 2.55. The van der Waals surface area contributed by atoms with E-state index >= 15 is 0 Å². The van der Waals surface area contributed by atoms with E-state index in [2.05, 4.69) is 16.9 Å². The molecule has 0 aliphatic heterocycles. The van der Waals surface area contributed by atoms with Crippen molar-refractivity contribution in [3.63, 3.8) is 0 Å². The fraction of sp³-hybridized carbons (Fsp3) is 0.200. The standard InChI is InChI=1S/C5H6N2O2S/c1-5(8,10-9)4-6-2-3-7-4/h2-3,8H,1H2,(H,6,7)/q+1. The lowest BCUT2D eigenvalue weighted by molar-refractivity contribution is 0.173. The van der Waals surface area contributed by atoms with E-state index in [0.29, 0.717) is 0 Å². The molecule has 1 radical (unpaired) electrons. The molecule has 0 saturated carbocycles. The van der Waals surface area contributed by atoms with Crippen molar-refractivity contribution in [2.75, 3.05) is 0 Å². The minimum absolute atomic E-state index is 0.0145. The molecule has 1 unspecified atom stereocenters. The molecule has 0 saturated heterocycles. The van der Waals surface area contributed by atoms with Crippen molar-refractivity contribution < 1.29 is 9.32 Å². The van der Waals surface area contributed by atoms with Crippen LogP contribution >= 0.6 is 0 Å². The summed E-state index contributed by atoms with van der Waals surface area (Å²) in [6.45, 7) is 3.24. The van der Waals surface area contributed by atoms with Crippen LogP contribution in [0.15, 0.2) is 12.4 Å². The molecule has 0 bridgehead atoms. The van der Waals surface area contributed by atoms with Crippen LogP contribution in [-0.4, -0.2) is 15.1 Å². The highest BCUT2D eigenvalue weighted by Crippen LogP contribution is 2.13. The van der Waals surface area contributed by atoms with Crippen molar-refractivity contribution in [2.24, 2.45) is 0 Å². The highest BCUT2D eigenvalue weighted by Gasteiger charge is 2.41. The van der Waals surface area contributed by atoms with Gasteiger partial charge in [0.1, 0.15) is 0 Å². The third-order valence-electron chi connectivity index (χ3n) is 1.01. The van der Waals surface area contributed by atoms with Gasteiger partial charge >= 0.3 is 16.6 Å². The van der Waals surface area contributed by atoms with Gasteiger partial charge in [-0.1, -0.05) is 0 Å². The van der Waals surface area contributed by atoms with Gasteiger partial charge in [-0.2, -0.15) is 0 Å². The lowest BCUT2D eigenvalue weighted by atomic mass is 10.4. The van der Waals surface area contributed by atoms with Crippen LogP contribution in [0.4, 0.5) is 0 Å². The molecule has 1 aromatic rings. The lowest BCUT2D eigenvalue weighted by Crippen LogP contribution is -2.21. The van der Waals surface area contributed by atoms with E-state index in [1.165, 1.54) is 12.4 Å². The van der Waals surface area contributed by atoms with Gasteiger partial charge < -0.3 is 10.1 Å². The van der Waals surface area contributed by atoms with E-state index in [1.807, 2.05) is 0 Å². The Morgan fingerprint density at radius 3 is 3.00 bits per heavy atom. The molecule has 53 valence electrons. The number of nitrogens with zero attached hydrogens (tertiary/aromatic N) is 1. The van der Waals surface area contributed by atoms with Crippen LogP contribution in [0, 0.1) is 6.92 Å². The monoisotopic (exact) mass is 158 g/mol. The largest absolute Gasteiger partial charge is 0.505 e. The first kappa shape index (κ1) is 7.30. The van der Waals surface area contributed by atoms with E-state index in [-0.39, 0.29) is 17.5 Å². The Hall–Kier alpha value is -0.810. The van der Waals surface area contributed by atoms with Gasteiger partial charge in [0.15, 0.2) is 0 Å². The van der Waals surface area contributed by atoms with E-state index in [4.69, 9.17) is 5.11 Å². The van der Waals surface area contributed by atoms with Crippen molar-refractivity contribution in [1.29, 1.82) is 0 Å². The highest BCUT2D eigenvalue weighted by atomic mass is 32.1. The molecule has 1 atom stereocenters. The average molecular weight is 158 g/mol. The zero-order valence-corrected chi connectivity index (χ0v) is 5.89. The number of hydrogen-bond acceptors (Lipinski definition) is 3. The van der Waals surface area contributed by atoms with E-state index in [1.54, 1.807) is 0 Å². The molecule has 0 aliphatic rings. The number of hydrogen-bond donors (Lipinski definition) is 2. The number of aromatic amines is 1. The number of imidazole rings is 1. The molecular weight excluding hydrogens is 152 g/mol. The van der Waals surface area contributed by atoms with Gasteiger partial charge in [-0.05, 0) is 0 Å². The molecule has 1 heterocycles. The topological polar surface area (TPSA) is 66.0 Å². The normalized spacial score (nSPS) is 16.2. The Labute approximate surface area is 61.8 Å². The highest BCUT2D eigenvalue weighted by molar-refractivity contribution is 7.66. The zero-order valence-electron chi connectivity index (χ0n) is 5.07. The van der Waals surface area contributed by atoms with Crippen LogP contribution in [0.1, 0.15) is 5.82 Å². The molecular formula is C5H6N2O2S+. The molecule has 5 heteroatoms. The predicted molar refractivity (Wildman–Crippen MR) is 35.9 cm³/mol. The second kappa shape index (κ2) is 2.43. The smallest absolute Gasteiger partial charge is 0.341 e. The van der Waals surface area contributed by atoms with Gasteiger partial charge in [-0.3, -0.25) is 0 Å². The Kier molecular flexibility index (Phi) is 1.78. The van der Waals surface area contributed by atoms with Crippen molar-refractivity contribution in [2.45, 2.75) is 4.93 Å². The minimum Gasteiger partial charge on any atom is -0.341 e. The van der Waals surface area contributed by atoms with Gasteiger partial charge in [-0.25, -0.2) is 4.98 Å². The second-order valence-corrected chi connectivity index (χ2v) is 2.65. The maximum Gasteiger partial charge on any atom is 0.505 e. The molecule has 0 spiro atoms. The van der Waals surface area contributed by atoms with Crippen LogP contribution in [0.3, 0.4) is 0 Å². The molecule has 4 nitrogen and oxygen atoms in total. The zero-order chi connectivity index (χ0) is 7.61. The third kappa shape index (κ3) is 1.19. The lowest BCUT2D eigenvalue weighted by Gasteiger charge is -1.96. The van der Waals surface area contributed by atoms with Crippen LogP contribution < -0.4 is 0 Å². The van der Waals surface area contributed by atoms with E-state index < -0.39 is 4.93 Å². The Morgan fingerprint density at radius 2 is 2.60 bits per heavy atom. The van der Waals surface area contributed by atoms with Crippen molar-refractivity contribution in [1.82, 2.24) is 9.97 Å². The first-order chi connectivity index (χ1) is 4.67. The summed E-state index contributed by atoms with van der Waals surface area (Å²) >= 11 is -0.0145. The molecule has 0 amide bonds. The molecule has 1 rings (SSSR count). The molecule has 0 fully saturated rings. The molecule has 2 N–H and O–H groups in total. The molecule has 0 aliphatic carbocycles. The van der Waals surface area contributed by atoms with Crippen LogP contribution in [0.25, 0.3) is 0 Å². The van der Waals surface area contributed by atoms with Gasteiger partial charge in [0.05, 0.1) is 6.92 Å². The van der Waals surface area contributed by atoms with Gasteiger partial charge in [0.2, 0.25) is 5.82 Å². The van der Waals surface area contributed by atoms with Crippen molar-refractivity contribution in [3.8, 4) is 0 Å². The average Bonchev–Trinajstić information content (AvgIpc) is 2.38. The summed E-state index contributed by atoms with van der Waals surface area (Å²) in [5.41, 5.74) is 0. The third-order valence-corrected chi connectivity index (χ3v) is 1.48. The van der Waals surface area contributed by atoms with E-state index in [0.717, 1.165) is 0 Å². The fourth-order valence-corrected chi connectivity index (χ4v) is 0.709. The Bertz CT molecular complexity index is 220. The van der Waals surface area contributed by atoms with Crippen LogP contribution in [-0.2, 0) is 20.8 Å². The summed E-state index contributed by atoms with van der Waals surface area (Å²) in [6.07, 6.45) is 2.96. The summed E-state index contributed by atoms with van der Waals surface area (Å²) in [5, 5.41) is 9.13. The van der Waals surface area contributed by atoms with Crippen LogP contribution in [0.5, 0.6) is 0 Å². The van der Waals surface area contributed by atoms with Gasteiger partial charge in [-0.15, -0.1) is 0 Å². The molecule has 10 heavy (non-hydrogen) atoms. The maximum atomic E-state index is 10.2. The fourth-order valence-electron chi connectivity index (χ4n) is 0.518. The van der Waals surface area contributed by atoms with Crippen LogP contribution in [0.2, 0.25) is 0 Å². The number of aliphatic hydroxyl groups is 1. The maximum absolute atomic E-state index is 10.2.